The van der Waals surface area contributed by atoms with Crippen LogP contribution in [-0.4, -0.2) is 15.9 Å². The van der Waals surface area contributed by atoms with Crippen LogP contribution in [0.4, 0.5) is 5.82 Å². The Morgan fingerprint density at radius 1 is 1.26 bits per heavy atom. The number of anilines is 1. The van der Waals surface area contributed by atoms with Crippen molar-refractivity contribution in [2.75, 3.05) is 4.90 Å². The number of amides is 1. The van der Waals surface area contributed by atoms with Gasteiger partial charge in [0.15, 0.2) is 0 Å². The Balaban J connectivity index is 1.97. The van der Waals surface area contributed by atoms with Crippen molar-refractivity contribution in [2.45, 2.75) is 26.3 Å². The molecule has 1 aliphatic heterocycles. The summed E-state index contributed by atoms with van der Waals surface area (Å²) in [5.41, 5.74) is 2.88. The third-order valence-electron chi connectivity index (χ3n) is 3.43. The third-order valence-corrected chi connectivity index (χ3v) is 3.43. The normalized spacial score (nSPS) is 14.1. The molecular formula is C15H15N3O. The minimum atomic E-state index is -0.0171. The summed E-state index contributed by atoms with van der Waals surface area (Å²) < 4.78 is 0. The lowest BCUT2D eigenvalue weighted by Crippen LogP contribution is -2.24. The summed E-state index contributed by atoms with van der Waals surface area (Å²) in [6.45, 7) is 4.83. The second-order valence-corrected chi connectivity index (χ2v) is 5.03. The second-order valence-electron chi connectivity index (χ2n) is 5.03. The van der Waals surface area contributed by atoms with Gasteiger partial charge in [0.2, 0.25) is 0 Å². The Hall–Kier alpha value is -2.23. The molecule has 1 aliphatic rings. The number of aromatic nitrogens is 2. The molecule has 19 heavy (non-hydrogen) atoms. The Labute approximate surface area is 112 Å². The van der Waals surface area contributed by atoms with Crippen LogP contribution >= 0.6 is 0 Å². The molecule has 0 saturated heterocycles. The highest BCUT2D eigenvalue weighted by molar-refractivity contribution is 6.09. The van der Waals surface area contributed by atoms with Crippen molar-refractivity contribution in [1.29, 1.82) is 0 Å². The van der Waals surface area contributed by atoms with E-state index in [4.69, 9.17) is 0 Å². The zero-order valence-corrected chi connectivity index (χ0v) is 11.0. The lowest BCUT2D eigenvalue weighted by atomic mass is 10.1. The fourth-order valence-corrected chi connectivity index (χ4v) is 2.27. The molecular weight excluding hydrogens is 238 g/mol. The van der Waals surface area contributed by atoms with Crippen LogP contribution in [0.2, 0.25) is 0 Å². The molecule has 0 unspecified atom stereocenters. The summed E-state index contributed by atoms with van der Waals surface area (Å²) in [5, 5.41) is 0. The van der Waals surface area contributed by atoms with Crippen LogP contribution in [-0.2, 0) is 6.54 Å². The van der Waals surface area contributed by atoms with E-state index < -0.39 is 0 Å². The van der Waals surface area contributed by atoms with Crippen molar-refractivity contribution < 1.29 is 4.79 Å². The standard InChI is InChI=1S/C15H15N3O/c1-10(2)11-4-6-17-14(7-11)18-9-12-3-5-16-8-13(12)15(18)19/h3-8,10H,9H2,1-2H3. The summed E-state index contributed by atoms with van der Waals surface area (Å²) in [6, 6.07) is 5.87. The predicted molar refractivity (Wildman–Crippen MR) is 73.1 cm³/mol. The van der Waals surface area contributed by atoms with Crippen molar-refractivity contribution in [3.8, 4) is 0 Å². The summed E-state index contributed by atoms with van der Waals surface area (Å²) in [7, 11) is 0. The molecule has 0 aliphatic carbocycles. The zero-order valence-electron chi connectivity index (χ0n) is 11.0. The number of hydrogen-bond donors (Lipinski definition) is 0. The van der Waals surface area contributed by atoms with E-state index in [1.54, 1.807) is 23.5 Å². The van der Waals surface area contributed by atoms with Gasteiger partial charge in [0.25, 0.3) is 5.91 Å². The van der Waals surface area contributed by atoms with E-state index in [-0.39, 0.29) is 5.91 Å². The van der Waals surface area contributed by atoms with E-state index in [1.807, 2.05) is 18.2 Å². The van der Waals surface area contributed by atoms with Crippen molar-refractivity contribution >= 4 is 11.7 Å². The lowest BCUT2D eigenvalue weighted by molar-refractivity contribution is 0.0995. The fraction of sp³-hybridized carbons (Fsp3) is 0.267. The van der Waals surface area contributed by atoms with Gasteiger partial charge in [0.1, 0.15) is 5.82 Å². The number of nitrogens with zero attached hydrogens (tertiary/aromatic N) is 3. The van der Waals surface area contributed by atoms with E-state index in [1.165, 1.54) is 5.56 Å². The Morgan fingerprint density at radius 2 is 2.11 bits per heavy atom. The number of carbonyl (C=O) groups is 1. The maximum absolute atomic E-state index is 12.3. The van der Waals surface area contributed by atoms with Gasteiger partial charge in [0.05, 0.1) is 12.1 Å². The highest BCUT2D eigenvalue weighted by Crippen LogP contribution is 2.27. The van der Waals surface area contributed by atoms with Gasteiger partial charge in [-0.15, -0.1) is 0 Å². The van der Waals surface area contributed by atoms with Crippen LogP contribution in [0.3, 0.4) is 0 Å². The SMILES string of the molecule is CC(C)c1ccnc(N2Cc3ccncc3C2=O)c1. The molecule has 0 atom stereocenters. The van der Waals surface area contributed by atoms with Crippen LogP contribution in [0.25, 0.3) is 0 Å². The van der Waals surface area contributed by atoms with E-state index in [2.05, 4.69) is 23.8 Å². The van der Waals surface area contributed by atoms with E-state index in [0.29, 0.717) is 23.8 Å². The van der Waals surface area contributed by atoms with Crippen molar-refractivity contribution in [3.05, 3.63) is 53.5 Å². The molecule has 0 aromatic carbocycles. The summed E-state index contributed by atoms with van der Waals surface area (Å²) in [5.74, 6) is 1.12. The number of pyridine rings is 2. The maximum atomic E-state index is 12.3. The topological polar surface area (TPSA) is 46.1 Å². The average Bonchev–Trinajstić information content (AvgIpc) is 2.77. The van der Waals surface area contributed by atoms with Gasteiger partial charge < -0.3 is 0 Å². The van der Waals surface area contributed by atoms with Crippen LogP contribution in [0, 0.1) is 0 Å². The van der Waals surface area contributed by atoms with Gasteiger partial charge >= 0.3 is 0 Å². The van der Waals surface area contributed by atoms with Gasteiger partial charge in [0, 0.05) is 18.6 Å². The molecule has 2 aromatic rings. The Morgan fingerprint density at radius 3 is 2.84 bits per heavy atom. The highest BCUT2D eigenvalue weighted by atomic mass is 16.2. The van der Waals surface area contributed by atoms with E-state index in [0.717, 1.165) is 5.56 Å². The molecule has 0 N–H and O–H groups in total. The first kappa shape index (κ1) is 11.8. The largest absolute Gasteiger partial charge is 0.288 e. The minimum absolute atomic E-state index is 0.0171. The van der Waals surface area contributed by atoms with Crippen LogP contribution in [0.1, 0.15) is 41.3 Å². The quantitative estimate of drug-likeness (QED) is 0.826. The first-order valence-electron chi connectivity index (χ1n) is 6.37. The Kier molecular flexibility index (Phi) is 2.78. The van der Waals surface area contributed by atoms with Gasteiger partial charge in [-0.05, 0) is 35.2 Å². The number of rotatable bonds is 2. The summed E-state index contributed by atoms with van der Waals surface area (Å²) in [6.07, 6.45) is 5.11. The van der Waals surface area contributed by atoms with Crippen LogP contribution in [0.5, 0.6) is 0 Å². The molecule has 4 nitrogen and oxygen atoms in total. The first-order valence-corrected chi connectivity index (χ1v) is 6.37. The zero-order chi connectivity index (χ0) is 13.4. The molecule has 96 valence electrons. The molecule has 1 amide bonds. The number of fused-ring (bicyclic) bond motifs is 1. The lowest BCUT2D eigenvalue weighted by Gasteiger charge is -2.16. The fourth-order valence-electron chi connectivity index (χ4n) is 2.27. The molecule has 0 fully saturated rings. The summed E-state index contributed by atoms with van der Waals surface area (Å²) in [4.78, 5) is 22.4. The molecule has 4 heteroatoms. The first-order chi connectivity index (χ1) is 9.16. The number of carbonyl (C=O) groups excluding carboxylic acids is 1. The molecule has 0 saturated carbocycles. The molecule has 3 heterocycles. The maximum Gasteiger partial charge on any atom is 0.261 e. The van der Waals surface area contributed by atoms with Crippen molar-refractivity contribution in [2.24, 2.45) is 0 Å². The molecule has 0 bridgehead atoms. The molecule has 0 spiro atoms. The van der Waals surface area contributed by atoms with Crippen molar-refractivity contribution in [1.82, 2.24) is 9.97 Å². The van der Waals surface area contributed by atoms with Gasteiger partial charge in [-0.1, -0.05) is 13.8 Å². The minimum Gasteiger partial charge on any atom is -0.288 e. The van der Waals surface area contributed by atoms with E-state index in [9.17, 15) is 4.79 Å². The second kappa shape index (κ2) is 4.46. The van der Waals surface area contributed by atoms with E-state index >= 15 is 0 Å². The van der Waals surface area contributed by atoms with Crippen LogP contribution in [0.15, 0.2) is 36.8 Å². The smallest absolute Gasteiger partial charge is 0.261 e. The Bertz CT molecular complexity index is 637. The predicted octanol–water partition coefficient (Wildman–Crippen LogP) is 2.76. The monoisotopic (exact) mass is 253 g/mol. The molecule has 0 radical (unpaired) electrons. The summed E-state index contributed by atoms with van der Waals surface area (Å²) >= 11 is 0. The third kappa shape index (κ3) is 1.99. The average molecular weight is 253 g/mol. The molecule has 3 rings (SSSR count). The van der Waals surface area contributed by atoms with Gasteiger partial charge in [-0.3, -0.25) is 14.7 Å². The number of hydrogen-bond acceptors (Lipinski definition) is 3. The van der Waals surface area contributed by atoms with Gasteiger partial charge in [-0.2, -0.15) is 0 Å². The highest BCUT2D eigenvalue weighted by Gasteiger charge is 2.29. The van der Waals surface area contributed by atoms with Crippen molar-refractivity contribution in [3.63, 3.8) is 0 Å². The molecule has 2 aromatic heterocycles. The van der Waals surface area contributed by atoms with Crippen LogP contribution < -0.4 is 4.90 Å². The van der Waals surface area contributed by atoms with Gasteiger partial charge in [-0.25, -0.2) is 4.98 Å².